The van der Waals surface area contributed by atoms with Crippen molar-refractivity contribution in [3.05, 3.63) is 0 Å². The van der Waals surface area contributed by atoms with Gasteiger partial charge in [-0.3, -0.25) is 0 Å². The van der Waals surface area contributed by atoms with E-state index in [0.29, 0.717) is 66.1 Å². The molecular formula is C25H55O10Sb. The molecule has 0 spiro atoms. The minimum atomic E-state index is -5.39. The molecule has 36 heavy (non-hydrogen) atoms. The minimum absolute atomic E-state index is 0.414. The average molecular weight is 637 g/mol. The van der Waals surface area contributed by atoms with Gasteiger partial charge >= 0.3 is 224 Å². The zero-order valence-corrected chi connectivity index (χ0v) is 26.2. The van der Waals surface area contributed by atoms with Crippen molar-refractivity contribution in [2.75, 3.05) is 102 Å². The summed E-state index contributed by atoms with van der Waals surface area (Å²) < 4.78 is 58.6. The standard InChI is InChI=1S/5C5H11O2.Sb/c5*1-7-5-3-2-4-6;/h5*2-5H2,1H3;/q5*-1;+5. The summed E-state index contributed by atoms with van der Waals surface area (Å²) in [6.45, 7) is 5.40. The van der Waals surface area contributed by atoms with Crippen LogP contribution in [0.3, 0.4) is 0 Å². The van der Waals surface area contributed by atoms with Gasteiger partial charge in [0.1, 0.15) is 0 Å². The molecule has 11 heteroatoms. The third kappa shape index (κ3) is 18.6. The van der Waals surface area contributed by atoms with Gasteiger partial charge in [0.05, 0.1) is 0 Å². The molecule has 0 rings (SSSR count). The molecular weight excluding hydrogens is 582 g/mol. The van der Waals surface area contributed by atoms with Crippen molar-refractivity contribution >= 4 is 19.5 Å². The summed E-state index contributed by atoms with van der Waals surface area (Å²) in [5.74, 6) is 0. The molecule has 0 saturated carbocycles. The predicted octanol–water partition coefficient (Wildman–Crippen LogP) is 4.09. The van der Waals surface area contributed by atoms with E-state index in [2.05, 4.69) is 0 Å². The van der Waals surface area contributed by atoms with Gasteiger partial charge in [-0.05, 0) is 0 Å². The first-order valence-electron chi connectivity index (χ1n) is 13.3. The summed E-state index contributed by atoms with van der Waals surface area (Å²) in [6, 6.07) is 0. The molecule has 0 aromatic carbocycles. The first kappa shape index (κ1) is 36.4. The van der Waals surface area contributed by atoms with Crippen LogP contribution in [0.2, 0.25) is 0 Å². The van der Waals surface area contributed by atoms with Gasteiger partial charge in [0, 0.05) is 0 Å². The molecule has 0 unspecified atom stereocenters. The molecule has 0 radical (unpaired) electrons. The molecule has 0 aromatic heterocycles. The van der Waals surface area contributed by atoms with Crippen molar-refractivity contribution in [1.29, 1.82) is 0 Å². The first-order valence-corrected chi connectivity index (χ1v) is 18.6. The third-order valence-electron chi connectivity index (χ3n) is 5.22. The Morgan fingerprint density at radius 1 is 0.278 bits per heavy atom. The van der Waals surface area contributed by atoms with E-state index in [-0.39, 0.29) is 0 Å². The van der Waals surface area contributed by atoms with Crippen molar-refractivity contribution in [3.63, 3.8) is 0 Å². The number of hydrogen-bond acceptors (Lipinski definition) is 10. The molecule has 0 fully saturated rings. The van der Waals surface area contributed by atoms with E-state index in [9.17, 15) is 0 Å². The quantitative estimate of drug-likeness (QED) is 0.0848. The Labute approximate surface area is 223 Å². The predicted molar refractivity (Wildman–Crippen MR) is 141 cm³/mol. The van der Waals surface area contributed by atoms with Gasteiger partial charge in [0.25, 0.3) is 0 Å². The number of rotatable bonds is 30. The molecule has 0 aliphatic heterocycles. The fourth-order valence-corrected chi connectivity index (χ4v) is 11.4. The molecule has 0 aromatic rings. The van der Waals surface area contributed by atoms with E-state index in [4.69, 9.17) is 38.8 Å². The Balaban J connectivity index is 5.68. The Morgan fingerprint density at radius 3 is 0.611 bits per heavy atom. The van der Waals surface area contributed by atoms with Gasteiger partial charge in [-0.1, -0.05) is 0 Å². The van der Waals surface area contributed by atoms with Gasteiger partial charge in [-0.15, -0.1) is 0 Å². The maximum atomic E-state index is 6.52. The number of hydrogen-bond donors (Lipinski definition) is 0. The number of methoxy groups -OCH3 is 5. The molecule has 0 aliphatic rings. The van der Waals surface area contributed by atoms with Crippen molar-refractivity contribution in [2.24, 2.45) is 0 Å². The van der Waals surface area contributed by atoms with E-state index in [1.165, 1.54) is 0 Å². The molecule has 0 aliphatic carbocycles. The molecule has 0 saturated heterocycles. The third-order valence-corrected chi connectivity index (χ3v) is 13.8. The van der Waals surface area contributed by atoms with Gasteiger partial charge in [-0.25, -0.2) is 0 Å². The Kier molecular flexibility index (Phi) is 26.0. The van der Waals surface area contributed by atoms with Crippen LogP contribution in [-0.4, -0.2) is 121 Å². The molecule has 220 valence electrons. The van der Waals surface area contributed by atoms with Gasteiger partial charge < -0.3 is 0 Å². The van der Waals surface area contributed by atoms with Gasteiger partial charge in [-0.2, -0.15) is 0 Å². The SMILES string of the molecule is COCCCC[O][Sb]([O]CCCCOC)([O]CCCCOC)([O]CCCCOC)[O]CCCCOC. The van der Waals surface area contributed by atoms with Crippen LogP contribution in [0.25, 0.3) is 0 Å². The van der Waals surface area contributed by atoms with Crippen LogP contribution >= 0.6 is 0 Å². The van der Waals surface area contributed by atoms with Crippen LogP contribution in [0.4, 0.5) is 0 Å². The maximum absolute atomic E-state index is 6.52. The van der Waals surface area contributed by atoms with Crippen molar-refractivity contribution < 1.29 is 38.8 Å². The summed E-state index contributed by atoms with van der Waals surface area (Å²) in [4.78, 5) is 0. The Bertz CT molecular complexity index is 360. The van der Waals surface area contributed by atoms with Crippen LogP contribution in [0.15, 0.2) is 0 Å². The zero-order valence-electron chi connectivity index (χ0n) is 23.7. The molecule has 0 N–H and O–H groups in total. The van der Waals surface area contributed by atoms with Crippen LogP contribution in [0.5, 0.6) is 0 Å². The van der Waals surface area contributed by atoms with Crippen molar-refractivity contribution in [1.82, 2.24) is 0 Å². The van der Waals surface area contributed by atoms with E-state index < -0.39 is 19.5 Å². The van der Waals surface area contributed by atoms with Crippen molar-refractivity contribution in [3.8, 4) is 0 Å². The summed E-state index contributed by atoms with van der Waals surface area (Å²) in [6.07, 6.45) is 8.26. The second-order valence-electron chi connectivity index (χ2n) is 8.41. The Hall–Kier alpha value is 0.418. The topological polar surface area (TPSA) is 92.3 Å². The van der Waals surface area contributed by atoms with Gasteiger partial charge in [0.2, 0.25) is 0 Å². The second kappa shape index (κ2) is 25.7. The number of ether oxygens (including phenoxy) is 5. The fourth-order valence-electron chi connectivity index (χ4n) is 3.18. The molecule has 10 nitrogen and oxygen atoms in total. The molecule has 0 amide bonds. The normalized spacial score (nSPS) is 13.2. The average Bonchev–Trinajstić information content (AvgIpc) is 2.88. The van der Waals surface area contributed by atoms with E-state index in [1.807, 2.05) is 0 Å². The number of unbranched alkanes of at least 4 members (excludes halogenated alkanes) is 5. The van der Waals surface area contributed by atoms with Crippen LogP contribution < -0.4 is 0 Å². The summed E-state index contributed by atoms with van der Waals surface area (Å²) >= 11 is -5.39. The second-order valence-corrected chi connectivity index (χ2v) is 16.4. The summed E-state index contributed by atoms with van der Waals surface area (Å²) in [7, 11) is 8.49. The van der Waals surface area contributed by atoms with Gasteiger partial charge in [0.15, 0.2) is 0 Å². The van der Waals surface area contributed by atoms with E-state index in [1.54, 1.807) is 35.5 Å². The molecule has 0 bridgehead atoms. The van der Waals surface area contributed by atoms with Crippen LogP contribution in [0.1, 0.15) is 64.2 Å². The molecule has 0 atom stereocenters. The summed E-state index contributed by atoms with van der Waals surface area (Å²) in [5, 5.41) is 0. The fraction of sp³-hybridized carbons (Fsp3) is 1.00. The monoisotopic (exact) mass is 636 g/mol. The molecule has 0 heterocycles. The van der Waals surface area contributed by atoms with Crippen LogP contribution in [-0.2, 0) is 38.8 Å². The zero-order chi connectivity index (χ0) is 26.7. The summed E-state index contributed by atoms with van der Waals surface area (Å²) in [5.41, 5.74) is 0. The van der Waals surface area contributed by atoms with E-state index >= 15 is 0 Å². The van der Waals surface area contributed by atoms with Crippen LogP contribution in [0, 0.1) is 0 Å². The van der Waals surface area contributed by atoms with Crippen molar-refractivity contribution in [2.45, 2.75) is 64.2 Å². The Morgan fingerprint density at radius 2 is 0.444 bits per heavy atom. The van der Waals surface area contributed by atoms with E-state index in [0.717, 1.165) is 64.2 Å². The first-order chi connectivity index (χ1) is 17.6.